The number of nitrogens with zero attached hydrogens (tertiary/aromatic N) is 1. The number of hydrogen-bond donors (Lipinski definition) is 1. The van der Waals surface area contributed by atoms with Crippen LogP contribution in [0.15, 0.2) is 29.2 Å². The lowest BCUT2D eigenvalue weighted by molar-refractivity contribution is -0.146. The molecule has 0 aromatic heterocycles. The zero-order valence-electron chi connectivity index (χ0n) is 11.8. The second-order valence-electron chi connectivity index (χ2n) is 5.23. The van der Waals surface area contributed by atoms with Gasteiger partial charge in [0.15, 0.2) is 0 Å². The highest BCUT2D eigenvalue weighted by Crippen LogP contribution is 2.28. The minimum atomic E-state index is -0.821. The molecule has 0 radical (unpaired) electrons. The molecule has 1 aliphatic rings. The smallest absolute Gasteiger partial charge is 0.308 e. The molecule has 1 fully saturated rings. The van der Waals surface area contributed by atoms with Crippen LogP contribution in [0, 0.1) is 5.92 Å². The molecule has 1 aromatic rings. The molecule has 4 nitrogen and oxygen atoms in total. The predicted molar refractivity (Wildman–Crippen MR) is 83.7 cm³/mol. The van der Waals surface area contributed by atoms with E-state index in [-0.39, 0.29) is 17.7 Å². The molecule has 1 N–H and O–H groups in total. The van der Waals surface area contributed by atoms with Crippen LogP contribution in [0.5, 0.6) is 0 Å². The highest BCUT2D eigenvalue weighted by atomic mass is 35.5. The van der Waals surface area contributed by atoms with Crippen LogP contribution in [0.4, 0.5) is 0 Å². The Balaban J connectivity index is 1.95. The third-order valence-corrected chi connectivity index (χ3v) is 5.24. The summed E-state index contributed by atoms with van der Waals surface area (Å²) in [6.07, 6.45) is 1.37. The van der Waals surface area contributed by atoms with Gasteiger partial charge in [-0.25, -0.2) is 0 Å². The van der Waals surface area contributed by atoms with Gasteiger partial charge in [0.25, 0.3) is 0 Å². The lowest BCUT2D eigenvalue weighted by Crippen LogP contribution is -2.48. The fourth-order valence-electron chi connectivity index (χ4n) is 2.44. The van der Waals surface area contributed by atoms with E-state index in [4.69, 9.17) is 16.7 Å². The molecule has 0 spiro atoms. The lowest BCUT2D eigenvalue weighted by atomic mass is 9.93. The van der Waals surface area contributed by atoms with Crippen LogP contribution in [0.3, 0.4) is 0 Å². The average molecular weight is 328 g/mol. The second kappa shape index (κ2) is 7.18. The van der Waals surface area contributed by atoms with E-state index in [0.29, 0.717) is 18.0 Å². The van der Waals surface area contributed by atoms with E-state index in [1.54, 1.807) is 11.0 Å². The van der Waals surface area contributed by atoms with Gasteiger partial charge in [-0.05, 0) is 31.9 Å². The molecule has 2 rings (SSSR count). The first-order valence-corrected chi connectivity index (χ1v) is 8.25. The van der Waals surface area contributed by atoms with Crippen LogP contribution >= 0.6 is 23.4 Å². The molecule has 1 aliphatic heterocycles. The van der Waals surface area contributed by atoms with Crippen LogP contribution < -0.4 is 0 Å². The van der Waals surface area contributed by atoms with Gasteiger partial charge in [0.2, 0.25) is 5.91 Å². The van der Waals surface area contributed by atoms with Crippen molar-refractivity contribution in [1.82, 2.24) is 4.90 Å². The van der Waals surface area contributed by atoms with Gasteiger partial charge in [-0.1, -0.05) is 23.7 Å². The molecular formula is C15H18ClNO3S. The number of hydrogen-bond acceptors (Lipinski definition) is 3. The van der Waals surface area contributed by atoms with E-state index in [0.717, 1.165) is 11.3 Å². The van der Waals surface area contributed by atoms with Crippen molar-refractivity contribution in [3.05, 3.63) is 29.3 Å². The second-order valence-corrected chi connectivity index (χ2v) is 6.65. The van der Waals surface area contributed by atoms with Crippen molar-refractivity contribution in [2.45, 2.75) is 30.7 Å². The fraction of sp³-hybridized carbons (Fsp3) is 0.467. The molecule has 21 heavy (non-hydrogen) atoms. The van der Waals surface area contributed by atoms with E-state index in [2.05, 4.69) is 0 Å². The summed E-state index contributed by atoms with van der Waals surface area (Å²) in [5.41, 5.74) is 0. The van der Waals surface area contributed by atoms with Crippen molar-refractivity contribution in [3.63, 3.8) is 0 Å². The van der Waals surface area contributed by atoms with Crippen LogP contribution in [-0.2, 0) is 9.59 Å². The Hall–Kier alpha value is -1.20. The summed E-state index contributed by atoms with van der Waals surface area (Å²) in [6.45, 7) is 2.27. The molecule has 1 heterocycles. The van der Waals surface area contributed by atoms with Gasteiger partial charge in [0.05, 0.1) is 16.7 Å². The first-order chi connectivity index (χ1) is 9.99. The molecule has 2 atom stereocenters. The molecule has 2 unspecified atom stereocenters. The summed E-state index contributed by atoms with van der Waals surface area (Å²) in [4.78, 5) is 26.0. The van der Waals surface area contributed by atoms with E-state index in [9.17, 15) is 9.59 Å². The van der Waals surface area contributed by atoms with Gasteiger partial charge in [0.1, 0.15) is 0 Å². The Morgan fingerprint density at radius 1 is 1.38 bits per heavy atom. The highest BCUT2D eigenvalue weighted by molar-refractivity contribution is 8.00. The van der Waals surface area contributed by atoms with Crippen LogP contribution in [0.2, 0.25) is 5.02 Å². The third kappa shape index (κ3) is 4.14. The number of benzene rings is 1. The molecule has 114 valence electrons. The van der Waals surface area contributed by atoms with Gasteiger partial charge >= 0.3 is 5.97 Å². The number of carbonyl (C=O) groups excluding carboxylic acids is 1. The zero-order valence-corrected chi connectivity index (χ0v) is 13.4. The summed E-state index contributed by atoms with van der Waals surface area (Å²) in [5.74, 6) is -1.02. The van der Waals surface area contributed by atoms with Gasteiger partial charge in [0, 0.05) is 17.5 Å². The van der Waals surface area contributed by atoms with Crippen molar-refractivity contribution in [3.8, 4) is 0 Å². The van der Waals surface area contributed by atoms with E-state index < -0.39 is 11.9 Å². The fourth-order valence-corrected chi connectivity index (χ4v) is 3.57. The zero-order chi connectivity index (χ0) is 15.4. The number of thioether (sulfide) groups is 1. The molecule has 6 heteroatoms. The standard InChI is InChI=1S/C15H18ClNO3S/c1-10-6-7-11(15(19)20)8-17(10)14(18)9-21-13-5-3-2-4-12(13)16/h2-5,10-11H,6-9H2,1H3,(H,19,20). The number of carboxylic acid groups (broad SMARTS) is 1. The molecule has 0 aliphatic carbocycles. The maximum Gasteiger partial charge on any atom is 0.308 e. The number of carbonyl (C=O) groups is 2. The molecule has 1 aromatic carbocycles. The molecule has 0 saturated carbocycles. The summed E-state index contributed by atoms with van der Waals surface area (Å²) in [7, 11) is 0. The normalized spacial score (nSPS) is 22.1. The van der Waals surface area contributed by atoms with Crippen molar-refractivity contribution in [1.29, 1.82) is 0 Å². The summed E-state index contributed by atoms with van der Waals surface area (Å²) in [6, 6.07) is 7.49. The first kappa shape index (κ1) is 16.2. The Kier molecular flexibility index (Phi) is 5.53. The van der Waals surface area contributed by atoms with Crippen LogP contribution in [0.1, 0.15) is 19.8 Å². The Morgan fingerprint density at radius 3 is 2.76 bits per heavy atom. The Labute approximate surface area is 133 Å². The SMILES string of the molecule is CC1CCC(C(=O)O)CN1C(=O)CSc1ccccc1Cl. The van der Waals surface area contributed by atoms with E-state index >= 15 is 0 Å². The lowest BCUT2D eigenvalue weighted by Gasteiger charge is -2.36. The maximum atomic E-state index is 12.3. The average Bonchev–Trinajstić information content (AvgIpc) is 2.46. The topological polar surface area (TPSA) is 57.6 Å². The van der Waals surface area contributed by atoms with Gasteiger partial charge in [-0.15, -0.1) is 11.8 Å². The Bertz CT molecular complexity index is 537. The van der Waals surface area contributed by atoms with E-state index in [1.807, 2.05) is 25.1 Å². The number of amides is 1. The van der Waals surface area contributed by atoms with Gasteiger partial charge in [-0.2, -0.15) is 0 Å². The minimum Gasteiger partial charge on any atom is -0.481 e. The van der Waals surface area contributed by atoms with Crippen LogP contribution in [0.25, 0.3) is 0 Å². The Morgan fingerprint density at radius 2 is 2.10 bits per heavy atom. The first-order valence-electron chi connectivity index (χ1n) is 6.88. The number of likely N-dealkylation sites (tertiary alicyclic amines) is 1. The third-order valence-electron chi connectivity index (χ3n) is 3.74. The maximum absolute atomic E-state index is 12.3. The van der Waals surface area contributed by atoms with Gasteiger partial charge in [-0.3, -0.25) is 9.59 Å². The molecule has 1 saturated heterocycles. The summed E-state index contributed by atoms with van der Waals surface area (Å²) < 4.78 is 0. The van der Waals surface area contributed by atoms with Crippen molar-refractivity contribution >= 4 is 35.2 Å². The quantitative estimate of drug-likeness (QED) is 0.863. The van der Waals surface area contributed by atoms with Crippen molar-refractivity contribution < 1.29 is 14.7 Å². The predicted octanol–water partition coefficient (Wildman–Crippen LogP) is 3.14. The minimum absolute atomic E-state index is 0.0293. The monoisotopic (exact) mass is 327 g/mol. The number of halogens is 1. The van der Waals surface area contributed by atoms with E-state index in [1.165, 1.54) is 11.8 Å². The number of rotatable bonds is 4. The largest absolute Gasteiger partial charge is 0.481 e. The molecule has 1 amide bonds. The number of carboxylic acids is 1. The molecule has 0 bridgehead atoms. The van der Waals surface area contributed by atoms with Crippen molar-refractivity contribution in [2.75, 3.05) is 12.3 Å². The summed E-state index contributed by atoms with van der Waals surface area (Å²) >= 11 is 7.45. The van der Waals surface area contributed by atoms with Crippen molar-refractivity contribution in [2.24, 2.45) is 5.92 Å². The van der Waals surface area contributed by atoms with Crippen LogP contribution in [-0.4, -0.2) is 40.2 Å². The number of piperidine rings is 1. The highest BCUT2D eigenvalue weighted by Gasteiger charge is 2.32. The number of aliphatic carboxylic acids is 1. The molecular weight excluding hydrogens is 310 g/mol. The van der Waals surface area contributed by atoms with Gasteiger partial charge < -0.3 is 10.0 Å². The summed E-state index contributed by atoms with van der Waals surface area (Å²) in [5, 5.41) is 9.74.